The first-order valence-corrected chi connectivity index (χ1v) is 8.82. The molecule has 0 unspecified atom stereocenters. The summed E-state index contributed by atoms with van der Waals surface area (Å²) >= 11 is 0. The monoisotopic (exact) mass is 296 g/mol. The van der Waals surface area contributed by atoms with Gasteiger partial charge in [-0.25, -0.2) is 0 Å². The molecule has 0 aliphatic heterocycles. The van der Waals surface area contributed by atoms with Crippen molar-refractivity contribution in [1.82, 2.24) is 5.32 Å². The number of ether oxygens (including phenoxy) is 1. The van der Waals surface area contributed by atoms with Crippen LogP contribution in [0.15, 0.2) is 0 Å². The van der Waals surface area contributed by atoms with Crippen molar-refractivity contribution in [2.24, 2.45) is 11.1 Å². The van der Waals surface area contributed by atoms with Gasteiger partial charge in [0.1, 0.15) is 0 Å². The summed E-state index contributed by atoms with van der Waals surface area (Å²) in [6, 6.07) is 0.376. The average molecular weight is 296 g/mol. The van der Waals surface area contributed by atoms with Crippen molar-refractivity contribution in [2.75, 3.05) is 13.2 Å². The number of nitrogens with two attached hydrogens (primary N) is 1. The van der Waals surface area contributed by atoms with E-state index >= 15 is 0 Å². The molecule has 21 heavy (non-hydrogen) atoms. The largest absolute Gasteiger partial charge is 0.378 e. The number of amides is 1. The summed E-state index contributed by atoms with van der Waals surface area (Å²) in [5.74, 6) is 0.270. The summed E-state index contributed by atoms with van der Waals surface area (Å²) in [4.78, 5) is 12.3. The Morgan fingerprint density at radius 3 is 2.52 bits per heavy atom. The Hall–Kier alpha value is -0.610. The summed E-state index contributed by atoms with van der Waals surface area (Å²) in [6.07, 6.45) is 11.1. The van der Waals surface area contributed by atoms with Crippen molar-refractivity contribution in [1.29, 1.82) is 0 Å². The second-order valence-corrected chi connectivity index (χ2v) is 6.86. The van der Waals surface area contributed by atoms with E-state index in [-0.39, 0.29) is 11.3 Å². The minimum Gasteiger partial charge on any atom is -0.378 e. The minimum absolute atomic E-state index is 0.0691. The molecule has 2 aliphatic rings. The molecule has 0 aromatic carbocycles. The van der Waals surface area contributed by atoms with Crippen LogP contribution < -0.4 is 11.1 Å². The lowest BCUT2D eigenvalue weighted by Gasteiger charge is -2.27. The summed E-state index contributed by atoms with van der Waals surface area (Å²) < 4.78 is 5.88. The van der Waals surface area contributed by atoms with Crippen LogP contribution in [-0.4, -0.2) is 31.2 Å². The van der Waals surface area contributed by atoms with Gasteiger partial charge in [0.05, 0.1) is 6.10 Å². The van der Waals surface area contributed by atoms with Gasteiger partial charge in [-0.15, -0.1) is 0 Å². The maximum atomic E-state index is 12.3. The van der Waals surface area contributed by atoms with Crippen LogP contribution in [0, 0.1) is 5.41 Å². The highest BCUT2D eigenvalue weighted by atomic mass is 16.5. The molecule has 0 atom stereocenters. The number of carbonyl (C=O) groups excluding carboxylic acids is 1. The Bertz CT molecular complexity index is 319. The molecule has 2 aliphatic carbocycles. The van der Waals surface area contributed by atoms with Gasteiger partial charge in [0.15, 0.2) is 0 Å². The van der Waals surface area contributed by atoms with E-state index in [1.54, 1.807) is 0 Å². The predicted molar refractivity (Wildman–Crippen MR) is 85.0 cm³/mol. The molecule has 4 heteroatoms. The fraction of sp³-hybridized carbons (Fsp3) is 0.941. The molecule has 2 rings (SSSR count). The summed E-state index contributed by atoms with van der Waals surface area (Å²) in [5, 5.41) is 3.12. The molecule has 0 spiro atoms. The normalized spacial score (nSPS) is 28.5. The Morgan fingerprint density at radius 2 is 1.90 bits per heavy atom. The van der Waals surface area contributed by atoms with Gasteiger partial charge < -0.3 is 15.8 Å². The van der Waals surface area contributed by atoms with Gasteiger partial charge in [0.2, 0.25) is 5.91 Å². The van der Waals surface area contributed by atoms with Crippen molar-refractivity contribution < 1.29 is 9.53 Å². The van der Waals surface area contributed by atoms with E-state index in [0.29, 0.717) is 12.1 Å². The van der Waals surface area contributed by atoms with Crippen molar-refractivity contribution in [3.63, 3.8) is 0 Å². The van der Waals surface area contributed by atoms with E-state index in [0.717, 1.165) is 64.5 Å². The molecule has 122 valence electrons. The summed E-state index contributed by atoms with van der Waals surface area (Å²) in [5.41, 5.74) is 5.82. The number of rotatable bonds is 7. The highest BCUT2D eigenvalue weighted by molar-refractivity contribution is 5.82. The first-order chi connectivity index (χ1) is 10.2. The third kappa shape index (κ3) is 4.68. The number of nitrogens with one attached hydrogen (secondary N) is 1. The molecule has 0 aromatic rings. The van der Waals surface area contributed by atoms with Crippen LogP contribution in [0.4, 0.5) is 0 Å². The van der Waals surface area contributed by atoms with Gasteiger partial charge in [0.25, 0.3) is 0 Å². The molecule has 0 heterocycles. The molecule has 3 N–H and O–H groups in total. The molecule has 1 amide bonds. The molecule has 4 nitrogen and oxygen atoms in total. The zero-order valence-corrected chi connectivity index (χ0v) is 13.5. The first-order valence-electron chi connectivity index (χ1n) is 8.82. The lowest BCUT2D eigenvalue weighted by atomic mass is 9.82. The minimum atomic E-state index is -0.0691. The highest BCUT2D eigenvalue weighted by Gasteiger charge is 2.38. The lowest BCUT2D eigenvalue weighted by molar-refractivity contribution is -0.131. The van der Waals surface area contributed by atoms with Gasteiger partial charge in [-0.1, -0.05) is 19.8 Å². The summed E-state index contributed by atoms with van der Waals surface area (Å²) in [6.45, 7) is 3.63. The Morgan fingerprint density at radius 1 is 1.24 bits per heavy atom. The Labute approximate surface area is 129 Å². The smallest absolute Gasteiger partial charge is 0.226 e. The van der Waals surface area contributed by atoms with Gasteiger partial charge in [-0.05, 0) is 51.4 Å². The molecule has 2 saturated carbocycles. The predicted octanol–water partition coefficient (Wildman–Crippen LogP) is 2.75. The van der Waals surface area contributed by atoms with Crippen LogP contribution in [0.5, 0.6) is 0 Å². The molecule has 0 saturated heterocycles. The average Bonchev–Trinajstić information content (AvgIpc) is 2.99. The van der Waals surface area contributed by atoms with Crippen LogP contribution in [0.1, 0.15) is 71.1 Å². The van der Waals surface area contributed by atoms with Gasteiger partial charge >= 0.3 is 0 Å². The second kappa shape index (κ2) is 8.14. The Kier molecular flexibility index (Phi) is 6.49. The third-order valence-electron chi connectivity index (χ3n) is 5.40. The Balaban J connectivity index is 1.56. The molecule has 0 radical (unpaired) electrons. The van der Waals surface area contributed by atoms with Crippen molar-refractivity contribution in [3.8, 4) is 0 Å². The van der Waals surface area contributed by atoms with Crippen LogP contribution in [0.2, 0.25) is 0 Å². The molecule has 0 aromatic heterocycles. The number of hydrogen-bond donors (Lipinski definition) is 2. The number of carbonyl (C=O) groups is 1. The highest BCUT2D eigenvalue weighted by Crippen LogP contribution is 2.41. The van der Waals surface area contributed by atoms with Crippen LogP contribution in [0.25, 0.3) is 0 Å². The van der Waals surface area contributed by atoms with Crippen LogP contribution >= 0.6 is 0 Å². The quantitative estimate of drug-likeness (QED) is 0.710. The maximum Gasteiger partial charge on any atom is 0.226 e. The van der Waals surface area contributed by atoms with E-state index in [4.69, 9.17) is 10.5 Å². The van der Waals surface area contributed by atoms with E-state index in [9.17, 15) is 4.79 Å². The number of hydrogen-bond acceptors (Lipinski definition) is 3. The van der Waals surface area contributed by atoms with E-state index in [2.05, 4.69) is 12.2 Å². The molecule has 0 bridgehead atoms. The fourth-order valence-corrected chi connectivity index (χ4v) is 3.76. The summed E-state index contributed by atoms with van der Waals surface area (Å²) in [7, 11) is 0. The van der Waals surface area contributed by atoms with Crippen molar-refractivity contribution in [3.05, 3.63) is 0 Å². The van der Waals surface area contributed by atoms with Crippen molar-refractivity contribution in [2.45, 2.75) is 83.3 Å². The SMILES string of the molecule is CCC1(C(=O)NCCCOC2CCC(N)CC2)CCCC1. The third-order valence-corrected chi connectivity index (χ3v) is 5.40. The fourth-order valence-electron chi connectivity index (χ4n) is 3.76. The molecule has 2 fully saturated rings. The standard InChI is InChI=1S/C17H32N2O2/c1-2-17(10-3-4-11-17)16(20)19-12-5-13-21-15-8-6-14(18)7-9-15/h14-15H,2-13,18H2,1H3,(H,19,20). The maximum absolute atomic E-state index is 12.3. The van der Waals surface area contributed by atoms with Gasteiger partial charge in [-0.2, -0.15) is 0 Å². The second-order valence-electron chi connectivity index (χ2n) is 6.86. The van der Waals surface area contributed by atoms with Crippen LogP contribution in [-0.2, 0) is 9.53 Å². The van der Waals surface area contributed by atoms with Crippen molar-refractivity contribution >= 4 is 5.91 Å². The van der Waals surface area contributed by atoms with Crippen LogP contribution in [0.3, 0.4) is 0 Å². The van der Waals surface area contributed by atoms with E-state index < -0.39 is 0 Å². The zero-order chi connectivity index (χ0) is 15.1. The molecular weight excluding hydrogens is 264 g/mol. The first kappa shape index (κ1) is 16.8. The molecular formula is C17H32N2O2. The zero-order valence-electron chi connectivity index (χ0n) is 13.5. The van der Waals surface area contributed by atoms with Gasteiger partial charge in [-0.3, -0.25) is 4.79 Å². The van der Waals surface area contributed by atoms with E-state index in [1.807, 2.05) is 0 Å². The lowest BCUT2D eigenvalue weighted by Crippen LogP contribution is -2.39. The van der Waals surface area contributed by atoms with Gasteiger partial charge in [0, 0.05) is 24.6 Å². The topological polar surface area (TPSA) is 64.3 Å². The van der Waals surface area contributed by atoms with E-state index in [1.165, 1.54) is 12.8 Å².